The summed E-state index contributed by atoms with van der Waals surface area (Å²) in [4.78, 5) is 28.1. The summed E-state index contributed by atoms with van der Waals surface area (Å²) in [6, 6.07) is 12.5. The molecule has 0 saturated heterocycles. The van der Waals surface area contributed by atoms with Crippen molar-refractivity contribution in [3.8, 4) is 0 Å². The van der Waals surface area contributed by atoms with Crippen LogP contribution in [0, 0.1) is 6.92 Å². The van der Waals surface area contributed by atoms with Crippen molar-refractivity contribution in [2.75, 3.05) is 0 Å². The number of halogens is 2. The third-order valence-electron chi connectivity index (χ3n) is 4.83. The molecule has 2 amide bonds. The number of rotatable bonds is 7. The van der Waals surface area contributed by atoms with Crippen LogP contribution in [0.15, 0.2) is 42.5 Å². The van der Waals surface area contributed by atoms with E-state index >= 15 is 0 Å². The molecule has 0 fully saturated rings. The molecular weight excluding hydrogens is 419 g/mol. The van der Waals surface area contributed by atoms with Gasteiger partial charge in [-0.1, -0.05) is 60.5 Å². The van der Waals surface area contributed by atoms with Gasteiger partial charge in [-0.25, -0.2) is 0 Å². The highest BCUT2D eigenvalue weighted by Gasteiger charge is 2.30. The number of aryl methyl sites for hydroxylation is 1. The van der Waals surface area contributed by atoms with Gasteiger partial charge in [-0.15, -0.1) is 0 Å². The Hall–Kier alpha value is -2.04. The predicted octanol–water partition coefficient (Wildman–Crippen LogP) is 5.57. The van der Waals surface area contributed by atoms with E-state index in [-0.39, 0.29) is 23.8 Å². The van der Waals surface area contributed by atoms with Gasteiger partial charge in [0.25, 0.3) is 0 Å². The Bertz CT molecular complexity index is 906. The molecule has 0 unspecified atom stereocenters. The van der Waals surface area contributed by atoms with Gasteiger partial charge in [0.1, 0.15) is 6.04 Å². The standard InChI is InChI=1S/C24H30Cl2N2O2/c1-6-21(23(30)27-24(3,4)5)28(15-18-10-8-7-9-16(18)2)22(29)14-17-11-12-19(25)20(26)13-17/h7-13,21H,6,14-15H2,1-5H3,(H,27,30)/t21-/m1/s1. The molecule has 162 valence electrons. The summed E-state index contributed by atoms with van der Waals surface area (Å²) in [6.45, 7) is 10.1. The molecule has 0 aliphatic heterocycles. The number of benzene rings is 2. The van der Waals surface area contributed by atoms with E-state index < -0.39 is 6.04 Å². The third-order valence-corrected chi connectivity index (χ3v) is 5.56. The normalized spacial score (nSPS) is 12.4. The second-order valence-corrected chi connectivity index (χ2v) is 9.35. The van der Waals surface area contributed by atoms with Gasteiger partial charge >= 0.3 is 0 Å². The first-order chi connectivity index (χ1) is 14.0. The van der Waals surface area contributed by atoms with E-state index in [2.05, 4.69) is 5.32 Å². The van der Waals surface area contributed by atoms with E-state index in [1.807, 2.05) is 58.9 Å². The van der Waals surface area contributed by atoms with E-state index in [4.69, 9.17) is 23.2 Å². The van der Waals surface area contributed by atoms with Gasteiger partial charge in [-0.05, 0) is 62.9 Å². The van der Waals surface area contributed by atoms with Crippen LogP contribution in [-0.4, -0.2) is 28.3 Å². The van der Waals surface area contributed by atoms with Crippen LogP contribution in [0.5, 0.6) is 0 Å². The van der Waals surface area contributed by atoms with Gasteiger partial charge in [0.15, 0.2) is 0 Å². The molecule has 0 saturated carbocycles. The quantitative estimate of drug-likeness (QED) is 0.601. The molecule has 0 spiro atoms. The highest BCUT2D eigenvalue weighted by Crippen LogP contribution is 2.24. The minimum atomic E-state index is -0.570. The summed E-state index contributed by atoms with van der Waals surface area (Å²) in [5.74, 6) is -0.284. The molecule has 2 aromatic carbocycles. The van der Waals surface area contributed by atoms with E-state index in [0.29, 0.717) is 23.0 Å². The lowest BCUT2D eigenvalue weighted by Crippen LogP contribution is -2.53. The SMILES string of the molecule is CC[C@H](C(=O)NC(C)(C)C)N(Cc1ccccc1C)C(=O)Cc1ccc(Cl)c(Cl)c1. The van der Waals surface area contributed by atoms with Crippen LogP contribution in [-0.2, 0) is 22.6 Å². The van der Waals surface area contributed by atoms with Crippen molar-refractivity contribution in [2.45, 2.75) is 65.6 Å². The second-order valence-electron chi connectivity index (χ2n) is 8.54. The number of nitrogens with one attached hydrogen (secondary N) is 1. The Morgan fingerprint density at radius 2 is 1.73 bits per heavy atom. The van der Waals surface area contributed by atoms with Gasteiger partial charge < -0.3 is 10.2 Å². The molecule has 30 heavy (non-hydrogen) atoms. The maximum atomic E-state index is 13.4. The molecule has 4 nitrogen and oxygen atoms in total. The molecule has 1 N–H and O–H groups in total. The molecule has 0 aliphatic carbocycles. The summed E-state index contributed by atoms with van der Waals surface area (Å²) in [7, 11) is 0. The minimum Gasteiger partial charge on any atom is -0.350 e. The van der Waals surface area contributed by atoms with Crippen molar-refractivity contribution in [3.63, 3.8) is 0 Å². The second kappa shape index (κ2) is 10.3. The highest BCUT2D eigenvalue weighted by molar-refractivity contribution is 6.42. The van der Waals surface area contributed by atoms with E-state index in [0.717, 1.165) is 16.7 Å². The summed E-state index contributed by atoms with van der Waals surface area (Å²) in [5.41, 5.74) is 2.47. The number of carbonyl (C=O) groups excluding carboxylic acids is 2. The van der Waals surface area contributed by atoms with Gasteiger partial charge in [-0.2, -0.15) is 0 Å². The van der Waals surface area contributed by atoms with Crippen LogP contribution in [0.4, 0.5) is 0 Å². The van der Waals surface area contributed by atoms with Crippen molar-refractivity contribution in [2.24, 2.45) is 0 Å². The molecule has 2 rings (SSSR count). The van der Waals surface area contributed by atoms with E-state index in [9.17, 15) is 9.59 Å². The maximum absolute atomic E-state index is 13.4. The molecular formula is C24H30Cl2N2O2. The van der Waals surface area contributed by atoms with Gasteiger partial charge in [0, 0.05) is 12.1 Å². The molecule has 1 atom stereocenters. The van der Waals surface area contributed by atoms with Crippen molar-refractivity contribution in [1.82, 2.24) is 10.2 Å². The average molecular weight is 449 g/mol. The first-order valence-electron chi connectivity index (χ1n) is 10.1. The Morgan fingerprint density at radius 1 is 1.07 bits per heavy atom. The Morgan fingerprint density at radius 3 is 2.30 bits per heavy atom. The zero-order chi connectivity index (χ0) is 22.5. The van der Waals surface area contributed by atoms with Crippen molar-refractivity contribution in [1.29, 1.82) is 0 Å². The van der Waals surface area contributed by atoms with E-state index in [1.165, 1.54) is 0 Å². The summed E-state index contributed by atoms with van der Waals surface area (Å²) >= 11 is 12.1. The minimum absolute atomic E-state index is 0.132. The fraction of sp³-hybridized carbons (Fsp3) is 0.417. The lowest BCUT2D eigenvalue weighted by molar-refractivity contribution is -0.141. The number of amides is 2. The van der Waals surface area contributed by atoms with Gasteiger partial charge in [-0.3, -0.25) is 9.59 Å². The third kappa shape index (κ3) is 6.75. The zero-order valence-corrected chi connectivity index (χ0v) is 19.8. The van der Waals surface area contributed by atoms with Crippen LogP contribution in [0.25, 0.3) is 0 Å². The van der Waals surface area contributed by atoms with Crippen molar-refractivity contribution < 1.29 is 9.59 Å². The summed E-state index contributed by atoms with van der Waals surface area (Å²) in [5, 5.41) is 3.87. The summed E-state index contributed by atoms with van der Waals surface area (Å²) < 4.78 is 0. The fourth-order valence-electron chi connectivity index (χ4n) is 3.27. The molecule has 2 aromatic rings. The number of nitrogens with zero attached hydrogens (tertiary/aromatic N) is 1. The fourth-order valence-corrected chi connectivity index (χ4v) is 3.59. The lowest BCUT2D eigenvalue weighted by Gasteiger charge is -2.33. The monoisotopic (exact) mass is 448 g/mol. The van der Waals surface area contributed by atoms with Crippen LogP contribution in [0.3, 0.4) is 0 Å². The van der Waals surface area contributed by atoms with Gasteiger partial charge in [0.2, 0.25) is 11.8 Å². The number of hydrogen-bond donors (Lipinski definition) is 1. The van der Waals surface area contributed by atoms with E-state index in [1.54, 1.807) is 23.1 Å². The smallest absolute Gasteiger partial charge is 0.243 e. The van der Waals surface area contributed by atoms with Gasteiger partial charge in [0.05, 0.1) is 16.5 Å². The van der Waals surface area contributed by atoms with Crippen LogP contribution >= 0.6 is 23.2 Å². The van der Waals surface area contributed by atoms with Crippen LogP contribution < -0.4 is 5.32 Å². The largest absolute Gasteiger partial charge is 0.350 e. The molecule has 0 radical (unpaired) electrons. The molecule has 0 heterocycles. The van der Waals surface area contributed by atoms with Crippen LogP contribution in [0.2, 0.25) is 10.0 Å². The Kier molecular flexibility index (Phi) is 8.34. The number of carbonyl (C=O) groups is 2. The molecule has 0 aromatic heterocycles. The van der Waals surface area contributed by atoms with Crippen molar-refractivity contribution >= 4 is 35.0 Å². The maximum Gasteiger partial charge on any atom is 0.243 e. The average Bonchev–Trinajstić information content (AvgIpc) is 2.64. The van der Waals surface area contributed by atoms with Crippen molar-refractivity contribution in [3.05, 3.63) is 69.2 Å². The molecule has 0 aliphatic rings. The number of hydrogen-bond acceptors (Lipinski definition) is 2. The lowest BCUT2D eigenvalue weighted by atomic mass is 10.0. The highest BCUT2D eigenvalue weighted by atomic mass is 35.5. The predicted molar refractivity (Wildman–Crippen MR) is 124 cm³/mol. The van der Waals surface area contributed by atoms with Crippen LogP contribution in [0.1, 0.15) is 50.8 Å². The summed E-state index contributed by atoms with van der Waals surface area (Å²) in [6.07, 6.45) is 0.656. The Labute approximate surface area is 189 Å². The Balaban J connectivity index is 2.35. The molecule has 0 bridgehead atoms. The topological polar surface area (TPSA) is 49.4 Å². The zero-order valence-electron chi connectivity index (χ0n) is 18.3. The first kappa shape index (κ1) is 24.2. The molecule has 6 heteroatoms. The first-order valence-corrected chi connectivity index (χ1v) is 10.9.